The van der Waals surface area contributed by atoms with Gasteiger partial charge in [0.15, 0.2) is 0 Å². The number of aliphatic hydroxyl groups is 1. The molecular weight excluding hydrogens is 196 g/mol. The predicted octanol–water partition coefficient (Wildman–Crippen LogP) is 2.70. The molecule has 0 fully saturated rings. The molecular formula is C11H24O2S. The van der Waals surface area contributed by atoms with Crippen LogP contribution < -0.4 is 0 Å². The summed E-state index contributed by atoms with van der Waals surface area (Å²) in [6.45, 7) is 4.48. The molecule has 0 aliphatic rings. The molecule has 0 saturated carbocycles. The van der Waals surface area contributed by atoms with Gasteiger partial charge in [0, 0.05) is 12.9 Å². The molecule has 3 heteroatoms. The molecule has 1 unspecified atom stereocenters. The van der Waals surface area contributed by atoms with Crippen molar-refractivity contribution >= 4 is 11.8 Å². The fourth-order valence-corrected chi connectivity index (χ4v) is 2.48. The highest BCUT2D eigenvalue weighted by Crippen LogP contribution is 2.23. The number of methoxy groups -OCH3 is 1. The molecule has 0 amide bonds. The van der Waals surface area contributed by atoms with Crippen molar-refractivity contribution in [3.05, 3.63) is 0 Å². The van der Waals surface area contributed by atoms with Crippen LogP contribution in [0, 0.1) is 0 Å². The summed E-state index contributed by atoms with van der Waals surface area (Å²) in [4.78, 5) is 0. The molecule has 1 atom stereocenters. The number of rotatable bonds is 9. The Hall–Kier alpha value is 0.270. The highest BCUT2D eigenvalue weighted by atomic mass is 32.2. The summed E-state index contributed by atoms with van der Waals surface area (Å²) in [6, 6.07) is 0. The summed E-state index contributed by atoms with van der Waals surface area (Å²) in [5.74, 6) is 2.06. The Morgan fingerprint density at radius 3 is 2.43 bits per heavy atom. The van der Waals surface area contributed by atoms with Crippen molar-refractivity contribution in [2.24, 2.45) is 0 Å². The lowest BCUT2D eigenvalue weighted by Crippen LogP contribution is -2.38. The van der Waals surface area contributed by atoms with Gasteiger partial charge in [0.25, 0.3) is 0 Å². The topological polar surface area (TPSA) is 29.5 Å². The molecule has 0 aliphatic carbocycles. The lowest BCUT2D eigenvalue weighted by atomic mass is 10.00. The van der Waals surface area contributed by atoms with Crippen molar-refractivity contribution in [1.29, 1.82) is 0 Å². The van der Waals surface area contributed by atoms with Gasteiger partial charge < -0.3 is 9.84 Å². The molecule has 0 aliphatic heterocycles. The number of thioether (sulfide) groups is 1. The first-order valence-corrected chi connectivity index (χ1v) is 6.64. The summed E-state index contributed by atoms with van der Waals surface area (Å²) in [5, 5.41) is 9.36. The Labute approximate surface area is 92.4 Å². The van der Waals surface area contributed by atoms with Crippen LogP contribution in [0.5, 0.6) is 0 Å². The number of hydrogen-bond donors (Lipinski definition) is 1. The van der Waals surface area contributed by atoms with Crippen LogP contribution >= 0.6 is 11.8 Å². The first-order valence-electron chi connectivity index (χ1n) is 5.48. The zero-order valence-corrected chi connectivity index (χ0v) is 10.5. The van der Waals surface area contributed by atoms with E-state index >= 15 is 0 Å². The van der Waals surface area contributed by atoms with Gasteiger partial charge in [-0.3, -0.25) is 0 Å². The minimum absolute atomic E-state index is 0.139. The van der Waals surface area contributed by atoms with Crippen molar-refractivity contribution < 1.29 is 9.84 Å². The normalized spacial score (nSPS) is 15.4. The maximum atomic E-state index is 9.36. The van der Waals surface area contributed by atoms with Crippen LogP contribution in [0.3, 0.4) is 0 Å². The van der Waals surface area contributed by atoms with Crippen molar-refractivity contribution in [3.8, 4) is 0 Å². The molecule has 0 radical (unpaired) electrons. The first-order chi connectivity index (χ1) is 6.74. The number of hydrogen-bond acceptors (Lipinski definition) is 3. The van der Waals surface area contributed by atoms with E-state index in [1.54, 1.807) is 7.11 Å². The van der Waals surface area contributed by atoms with Crippen molar-refractivity contribution in [3.63, 3.8) is 0 Å². The van der Waals surface area contributed by atoms with Crippen molar-refractivity contribution in [1.82, 2.24) is 0 Å². The second-order valence-electron chi connectivity index (χ2n) is 3.70. The van der Waals surface area contributed by atoms with Gasteiger partial charge in [-0.15, -0.1) is 0 Å². The van der Waals surface area contributed by atoms with Crippen LogP contribution in [-0.2, 0) is 4.74 Å². The largest absolute Gasteiger partial charge is 0.393 e. The zero-order chi connectivity index (χ0) is 10.9. The summed E-state index contributed by atoms with van der Waals surface area (Å²) in [6.07, 6.45) is 4.43. The van der Waals surface area contributed by atoms with E-state index in [4.69, 9.17) is 4.74 Å². The van der Waals surface area contributed by atoms with E-state index in [9.17, 15) is 5.11 Å². The Bertz CT molecular complexity index is 124. The second-order valence-corrected chi connectivity index (χ2v) is 4.81. The highest BCUT2D eigenvalue weighted by molar-refractivity contribution is 7.99. The zero-order valence-electron chi connectivity index (χ0n) is 9.71. The molecule has 0 bridgehead atoms. The third-order valence-electron chi connectivity index (χ3n) is 2.42. The van der Waals surface area contributed by atoms with Crippen LogP contribution in [0.25, 0.3) is 0 Å². The Kier molecular flexibility index (Phi) is 8.73. The summed E-state index contributed by atoms with van der Waals surface area (Å²) in [5.41, 5.74) is -0.296. The van der Waals surface area contributed by atoms with Gasteiger partial charge >= 0.3 is 0 Å². The average Bonchev–Trinajstić information content (AvgIpc) is 2.24. The van der Waals surface area contributed by atoms with Crippen LogP contribution in [0.1, 0.15) is 39.5 Å². The monoisotopic (exact) mass is 220 g/mol. The SMILES string of the molecule is CCCCC(CO)(CSCCC)OC. The van der Waals surface area contributed by atoms with Gasteiger partial charge in [0.05, 0.1) is 12.2 Å². The number of aliphatic hydroxyl groups excluding tert-OH is 1. The Morgan fingerprint density at radius 2 is 2.00 bits per heavy atom. The summed E-state index contributed by atoms with van der Waals surface area (Å²) in [7, 11) is 1.71. The van der Waals surface area contributed by atoms with Crippen LogP contribution in [0.4, 0.5) is 0 Å². The summed E-state index contributed by atoms with van der Waals surface area (Å²) >= 11 is 1.87. The highest BCUT2D eigenvalue weighted by Gasteiger charge is 2.27. The van der Waals surface area contributed by atoms with Crippen LogP contribution in [0.2, 0.25) is 0 Å². The maximum Gasteiger partial charge on any atom is 0.0998 e. The minimum Gasteiger partial charge on any atom is -0.393 e. The molecule has 86 valence electrons. The van der Waals surface area contributed by atoms with Crippen LogP contribution in [0.15, 0.2) is 0 Å². The predicted molar refractivity (Wildman–Crippen MR) is 64.0 cm³/mol. The van der Waals surface area contributed by atoms with E-state index in [2.05, 4.69) is 13.8 Å². The second kappa shape index (κ2) is 8.57. The van der Waals surface area contributed by atoms with Gasteiger partial charge in [0.1, 0.15) is 0 Å². The lowest BCUT2D eigenvalue weighted by molar-refractivity contribution is -0.0405. The van der Waals surface area contributed by atoms with Gasteiger partial charge in [-0.05, 0) is 18.6 Å². The molecule has 0 aromatic rings. The molecule has 0 aromatic heterocycles. The third kappa shape index (κ3) is 5.23. The van der Waals surface area contributed by atoms with Gasteiger partial charge in [-0.2, -0.15) is 11.8 Å². The van der Waals surface area contributed by atoms with Crippen molar-refractivity contribution in [2.45, 2.75) is 45.1 Å². The van der Waals surface area contributed by atoms with Crippen molar-refractivity contribution in [2.75, 3.05) is 25.2 Å². The molecule has 0 saturated heterocycles. The van der Waals surface area contributed by atoms with Gasteiger partial charge in [-0.25, -0.2) is 0 Å². The third-order valence-corrected chi connectivity index (χ3v) is 3.85. The van der Waals surface area contributed by atoms with Crippen LogP contribution in [-0.4, -0.2) is 35.9 Å². The van der Waals surface area contributed by atoms with E-state index in [-0.39, 0.29) is 12.2 Å². The van der Waals surface area contributed by atoms with Gasteiger partial charge in [-0.1, -0.05) is 26.7 Å². The summed E-state index contributed by atoms with van der Waals surface area (Å²) < 4.78 is 5.46. The smallest absolute Gasteiger partial charge is 0.0998 e. The molecule has 0 rings (SSSR count). The number of unbranched alkanes of at least 4 members (excludes halogenated alkanes) is 1. The standard InChI is InChI=1S/C11H24O2S/c1-4-6-7-11(9-12,13-3)10-14-8-5-2/h12H,4-10H2,1-3H3. The van der Waals surface area contributed by atoms with E-state index in [0.717, 1.165) is 30.8 Å². The maximum absolute atomic E-state index is 9.36. The molecule has 14 heavy (non-hydrogen) atoms. The van der Waals surface area contributed by atoms with E-state index in [1.807, 2.05) is 11.8 Å². The fraction of sp³-hybridized carbons (Fsp3) is 1.00. The van der Waals surface area contributed by atoms with Gasteiger partial charge in [0.2, 0.25) is 0 Å². The van der Waals surface area contributed by atoms with E-state index < -0.39 is 0 Å². The lowest BCUT2D eigenvalue weighted by Gasteiger charge is -2.30. The number of ether oxygens (including phenoxy) is 1. The molecule has 2 nitrogen and oxygen atoms in total. The molecule has 0 heterocycles. The minimum atomic E-state index is -0.296. The average molecular weight is 220 g/mol. The van der Waals surface area contributed by atoms with E-state index in [0.29, 0.717) is 0 Å². The fourth-order valence-electron chi connectivity index (χ4n) is 1.32. The molecule has 0 spiro atoms. The Balaban J connectivity index is 3.94. The molecule has 1 N–H and O–H groups in total. The Morgan fingerprint density at radius 1 is 1.29 bits per heavy atom. The quantitative estimate of drug-likeness (QED) is 0.606. The van der Waals surface area contributed by atoms with E-state index in [1.165, 1.54) is 6.42 Å². The molecule has 0 aromatic carbocycles. The first kappa shape index (κ1) is 14.3.